The Bertz CT molecular complexity index is 313. The van der Waals surface area contributed by atoms with Gasteiger partial charge in [-0.15, -0.1) is 0 Å². The molecule has 0 saturated carbocycles. The summed E-state index contributed by atoms with van der Waals surface area (Å²) in [6.45, 7) is 12.4. The number of rotatable bonds is 7. The van der Waals surface area contributed by atoms with Gasteiger partial charge in [0.15, 0.2) is 0 Å². The molecule has 0 radical (unpaired) electrons. The molecule has 1 unspecified atom stereocenters. The summed E-state index contributed by atoms with van der Waals surface area (Å²) < 4.78 is 10.5. The van der Waals surface area contributed by atoms with E-state index < -0.39 is 5.60 Å². The average Bonchev–Trinajstić information content (AvgIpc) is 2.80. The minimum absolute atomic E-state index is 0.197. The first kappa shape index (κ1) is 16.8. The Morgan fingerprint density at radius 1 is 1.50 bits per heavy atom. The monoisotopic (exact) mass is 284 g/mol. The lowest BCUT2D eigenvalue weighted by molar-refractivity contribution is 0.0226. The highest BCUT2D eigenvalue weighted by atomic mass is 16.6. The molecule has 1 aliphatic heterocycles. The van der Waals surface area contributed by atoms with Gasteiger partial charge in [0.2, 0.25) is 0 Å². The van der Waals surface area contributed by atoms with Crippen LogP contribution in [0.4, 0.5) is 4.79 Å². The van der Waals surface area contributed by atoms with Gasteiger partial charge in [0.1, 0.15) is 5.60 Å². The Labute approximate surface area is 122 Å². The van der Waals surface area contributed by atoms with E-state index in [2.05, 4.69) is 11.9 Å². The second kappa shape index (κ2) is 8.15. The van der Waals surface area contributed by atoms with E-state index in [0.29, 0.717) is 6.61 Å². The fourth-order valence-electron chi connectivity index (χ4n) is 2.24. The number of hydrogen-bond acceptors (Lipinski definition) is 4. The highest BCUT2D eigenvalue weighted by Gasteiger charge is 2.31. The molecule has 1 rings (SSSR count). The zero-order chi connectivity index (χ0) is 15.0. The van der Waals surface area contributed by atoms with Crippen LogP contribution in [0.15, 0.2) is 12.8 Å². The molecular formula is C15H28N2O3. The van der Waals surface area contributed by atoms with Crippen LogP contribution in [0.1, 0.15) is 40.0 Å². The van der Waals surface area contributed by atoms with Gasteiger partial charge in [-0.25, -0.2) is 4.79 Å². The van der Waals surface area contributed by atoms with Crippen molar-refractivity contribution in [1.29, 1.82) is 0 Å². The third-order valence-corrected chi connectivity index (χ3v) is 3.12. The van der Waals surface area contributed by atoms with Crippen LogP contribution in [0.2, 0.25) is 0 Å². The molecule has 0 aromatic rings. The van der Waals surface area contributed by atoms with Gasteiger partial charge in [0, 0.05) is 19.1 Å². The molecule has 0 aromatic heterocycles. The van der Waals surface area contributed by atoms with Gasteiger partial charge in [-0.05, 0) is 46.6 Å². The van der Waals surface area contributed by atoms with Gasteiger partial charge in [0.25, 0.3) is 0 Å². The molecule has 5 nitrogen and oxygen atoms in total. The summed E-state index contributed by atoms with van der Waals surface area (Å²) in [7, 11) is 0. The van der Waals surface area contributed by atoms with Gasteiger partial charge in [-0.1, -0.05) is 6.58 Å². The highest BCUT2D eigenvalue weighted by molar-refractivity contribution is 5.69. The number of nitrogens with one attached hydrogen (secondary N) is 1. The second-order valence-electron chi connectivity index (χ2n) is 6.06. The standard InChI is InChI=1S/C15H28N2O3/c1-5-19-11-7-9-16-12-13-8-6-10-17(13)14(18)20-15(2,3)4/h5,13,16H,1,6-12H2,2-4H3. The predicted octanol–water partition coefficient (Wildman–Crippen LogP) is 2.53. The fraction of sp³-hybridized carbons (Fsp3) is 0.800. The highest BCUT2D eigenvalue weighted by Crippen LogP contribution is 2.20. The SMILES string of the molecule is C=COCCCNCC1CCCN1C(=O)OC(C)(C)C. The van der Waals surface area contributed by atoms with Crippen LogP contribution in [0.5, 0.6) is 0 Å². The molecule has 1 heterocycles. The van der Waals surface area contributed by atoms with Crippen LogP contribution in [-0.2, 0) is 9.47 Å². The first-order valence-corrected chi connectivity index (χ1v) is 7.37. The Hall–Kier alpha value is -1.23. The van der Waals surface area contributed by atoms with E-state index in [-0.39, 0.29) is 12.1 Å². The molecule has 1 fully saturated rings. The van der Waals surface area contributed by atoms with E-state index in [1.807, 2.05) is 25.7 Å². The number of likely N-dealkylation sites (tertiary alicyclic amines) is 1. The minimum Gasteiger partial charge on any atom is -0.502 e. The van der Waals surface area contributed by atoms with E-state index in [0.717, 1.165) is 38.9 Å². The van der Waals surface area contributed by atoms with Crippen LogP contribution < -0.4 is 5.32 Å². The van der Waals surface area contributed by atoms with Crippen molar-refractivity contribution in [2.75, 3.05) is 26.2 Å². The Morgan fingerprint density at radius 2 is 2.25 bits per heavy atom. The van der Waals surface area contributed by atoms with Gasteiger partial charge in [-0.3, -0.25) is 0 Å². The summed E-state index contributed by atoms with van der Waals surface area (Å²) in [4.78, 5) is 13.9. The van der Waals surface area contributed by atoms with Crippen molar-refractivity contribution in [1.82, 2.24) is 10.2 Å². The number of carbonyl (C=O) groups is 1. The average molecular weight is 284 g/mol. The lowest BCUT2D eigenvalue weighted by atomic mass is 10.2. The number of hydrogen-bond donors (Lipinski definition) is 1. The molecule has 1 N–H and O–H groups in total. The maximum Gasteiger partial charge on any atom is 0.410 e. The molecule has 1 amide bonds. The third kappa shape index (κ3) is 6.28. The maximum absolute atomic E-state index is 12.1. The van der Waals surface area contributed by atoms with Crippen LogP contribution >= 0.6 is 0 Å². The molecule has 0 aromatic carbocycles. The molecule has 0 bridgehead atoms. The molecule has 0 spiro atoms. The molecular weight excluding hydrogens is 256 g/mol. The van der Waals surface area contributed by atoms with Crippen molar-refractivity contribution in [3.8, 4) is 0 Å². The molecule has 5 heteroatoms. The largest absolute Gasteiger partial charge is 0.502 e. The third-order valence-electron chi connectivity index (χ3n) is 3.12. The van der Waals surface area contributed by atoms with Crippen molar-refractivity contribution < 1.29 is 14.3 Å². The van der Waals surface area contributed by atoms with Gasteiger partial charge < -0.3 is 19.7 Å². The number of nitrogens with zero attached hydrogens (tertiary/aromatic N) is 1. The molecule has 1 aliphatic rings. The molecule has 20 heavy (non-hydrogen) atoms. The second-order valence-corrected chi connectivity index (χ2v) is 6.06. The lowest BCUT2D eigenvalue weighted by Crippen LogP contribution is -2.44. The molecule has 116 valence electrons. The quantitative estimate of drug-likeness (QED) is 0.576. The number of ether oxygens (including phenoxy) is 2. The van der Waals surface area contributed by atoms with E-state index in [1.165, 1.54) is 6.26 Å². The van der Waals surface area contributed by atoms with Crippen LogP contribution in [0.3, 0.4) is 0 Å². The van der Waals surface area contributed by atoms with Crippen molar-refractivity contribution in [2.24, 2.45) is 0 Å². The molecule has 0 aliphatic carbocycles. The maximum atomic E-state index is 12.1. The Kier molecular flexibility index (Phi) is 6.85. The van der Waals surface area contributed by atoms with Crippen molar-refractivity contribution in [3.63, 3.8) is 0 Å². The smallest absolute Gasteiger partial charge is 0.410 e. The van der Waals surface area contributed by atoms with Crippen LogP contribution in [0, 0.1) is 0 Å². The predicted molar refractivity (Wildman–Crippen MR) is 79.6 cm³/mol. The van der Waals surface area contributed by atoms with Crippen LogP contribution in [-0.4, -0.2) is 48.9 Å². The lowest BCUT2D eigenvalue weighted by Gasteiger charge is -2.28. The van der Waals surface area contributed by atoms with Gasteiger partial charge >= 0.3 is 6.09 Å². The summed E-state index contributed by atoms with van der Waals surface area (Å²) in [6, 6.07) is 0.241. The summed E-state index contributed by atoms with van der Waals surface area (Å²) in [5.41, 5.74) is -0.431. The van der Waals surface area contributed by atoms with Gasteiger partial charge in [0.05, 0.1) is 12.9 Å². The first-order valence-electron chi connectivity index (χ1n) is 7.37. The van der Waals surface area contributed by atoms with E-state index in [9.17, 15) is 4.79 Å². The van der Waals surface area contributed by atoms with Crippen molar-refractivity contribution >= 4 is 6.09 Å². The summed E-state index contributed by atoms with van der Waals surface area (Å²) in [5, 5.41) is 3.37. The zero-order valence-corrected chi connectivity index (χ0v) is 13.0. The summed E-state index contributed by atoms with van der Waals surface area (Å²) in [5.74, 6) is 0. The Balaban J connectivity index is 2.27. The zero-order valence-electron chi connectivity index (χ0n) is 13.0. The van der Waals surface area contributed by atoms with E-state index in [4.69, 9.17) is 9.47 Å². The number of amides is 1. The van der Waals surface area contributed by atoms with Crippen molar-refractivity contribution in [2.45, 2.75) is 51.7 Å². The first-order chi connectivity index (χ1) is 9.44. The van der Waals surface area contributed by atoms with E-state index in [1.54, 1.807) is 0 Å². The molecule has 1 atom stereocenters. The number of carbonyl (C=O) groups excluding carboxylic acids is 1. The topological polar surface area (TPSA) is 50.8 Å². The fourth-order valence-corrected chi connectivity index (χ4v) is 2.24. The van der Waals surface area contributed by atoms with Gasteiger partial charge in [-0.2, -0.15) is 0 Å². The van der Waals surface area contributed by atoms with Crippen molar-refractivity contribution in [3.05, 3.63) is 12.8 Å². The minimum atomic E-state index is -0.431. The summed E-state index contributed by atoms with van der Waals surface area (Å²) in [6.07, 6.45) is 4.28. The normalized spacial score (nSPS) is 18.9. The molecule has 1 saturated heterocycles. The summed E-state index contributed by atoms with van der Waals surface area (Å²) >= 11 is 0. The van der Waals surface area contributed by atoms with Crippen LogP contribution in [0.25, 0.3) is 0 Å². The Morgan fingerprint density at radius 3 is 2.90 bits per heavy atom. The van der Waals surface area contributed by atoms with E-state index >= 15 is 0 Å².